The van der Waals surface area contributed by atoms with Gasteiger partial charge >= 0.3 is 0 Å². The van der Waals surface area contributed by atoms with Gasteiger partial charge in [0, 0.05) is 28.8 Å². The highest BCUT2D eigenvalue weighted by atomic mass is 35.7. The molecule has 1 saturated carbocycles. The molecule has 0 saturated heterocycles. The first-order valence-electron chi connectivity index (χ1n) is 5.85. The summed E-state index contributed by atoms with van der Waals surface area (Å²) < 4.78 is 28.2. The first kappa shape index (κ1) is 15.4. The molecule has 2 rings (SSSR count). The van der Waals surface area contributed by atoms with Crippen molar-refractivity contribution in [1.82, 2.24) is 4.90 Å². The third-order valence-electron chi connectivity index (χ3n) is 3.13. The lowest BCUT2D eigenvalue weighted by molar-refractivity contribution is 0.0781. The van der Waals surface area contributed by atoms with Gasteiger partial charge in [0.25, 0.3) is 15.0 Å². The average molecular weight is 338 g/mol. The van der Waals surface area contributed by atoms with Gasteiger partial charge in [0.2, 0.25) is 0 Å². The number of hydrogen-bond donors (Lipinski definition) is 0. The molecule has 0 aliphatic heterocycles. The molecule has 0 spiro atoms. The molecule has 0 atom stereocenters. The molecular weight excluding hydrogens is 325 g/mol. The summed E-state index contributed by atoms with van der Waals surface area (Å²) in [6, 6.07) is 2.73. The number of halogens is 2. The van der Waals surface area contributed by atoms with Crippen LogP contribution in [0.1, 0.15) is 23.2 Å². The van der Waals surface area contributed by atoms with Gasteiger partial charge in [-0.2, -0.15) is 0 Å². The van der Waals surface area contributed by atoms with Gasteiger partial charge in [-0.25, -0.2) is 8.42 Å². The zero-order chi connectivity index (χ0) is 15.1. The van der Waals surface area contributed by atoms with Crippen molar-refractivity contribution in [3.8, 4) is 5.75 Å². The maximum absolute atomic E-state index is 12.4. The second kappa shape index (κ2) is 5.42. The van der Waals surface area contributed by atoms with Crippen molar-refractivity contribution >= 4 is 37.2 Å². The summed E-state index contributed by atoms with van der Waals surface area (Å²) in [7, 11) is 4.23. The van der Waals surface area contributed by atoms with Crippen LogP contribution < -0.4 is 4.74 Å². The quantitative estimate of drug-likeness (QED) is 0.792. The van der Waals surface area contributed by atoms with Crippen LogP contribution in [-0.4, -0.2) is 39.4 Å². The fraction of sp³-hybridized carbons (Fsp3) is 0.417. The summed E-state index contributed by atoms with van der Waals surface area (Å²) in [5.74, 6) is -0.421. The van der Waals surface area contributed by atoms with E-state index in [-0.39, 0.29) is 33.2 Å². The lowest BCUT2D eigenvalue weighted by Crippen LogP contribution is -2.29. The van der Waals surface area contributed by atoms with Gasteiger partial charge in [-0.05, 0) is 25.0 Å². The zero-order valence-corrected chi connectivity index (χ0v) is 13.2. The van der Waals surface area contributed by atoms with E-state index in [2.05, 4.69) is 0 Å². The molecule has 110 valence electrons. The summed E-state index contributed by atoms with van der Waals surface area (Å²) in [6.07, 6.45) is 1.87. The molecule has 1 aliphatic carbocycles. The van der Waals surface area contributed by atoms with Crippen LogP contribution in [0.4, 0.5) is 0 Å². The van der Waals surface area contributed by atoms with Gasteiger partial charge in [-0.3, -0.25) is 4.79 Å². The molecule has 5 nitrogen and oxygen atoms in total. The van der Waals surface area contributed by atoms with Gasteiger partial charge < -0.3 is 9.64 Å². The first-order valence-corrected chi connectivity index (χ1v) is 8.53. The highest BCUT2D eigenvalue weighted by molar-refractivity contribution is 8.13. The SMILES string of the molecule is COc1c(C(=O)N(C)C2CC2)cc(Cl)cc1S(=O)(=O)Cl. The third-order valence-corrected chi connectivity index (χ3v) is 4.68. The van der Waals surface area contributed by atoms with Crippen LogP contribution in [0.5, 0.6) is 5.75 Å². The molecule has 1 aromatic carbocycles. The number of carbonyl (C=O) groups is 1. The number of benzene rings is 1. The summed E-state index contributed by atoms with van der Waals surface area (Å²) >= 11 is 5.88. The molecule has 0 aromatic heterocycles. The van der Waals surface area contributed by atoms with Crippen LogP contribution in [0.25, 0.3) is 0 Å². The lowest BCUT2D eigenvalue weighted by Gasteiger charge is -2.19. The van der Waals surface area contributed by atoms with E-state index in [1.54, 1.807) is 11.9 Å². The number of amides is 1. The molecule has 0 bridgehead atoms. The summed E-state index contributed by atoms with van der Waals surface area (Å²) in [5.41, 5.74) is 0.0913. The molecule has 1 fully saturated rings. The van der Waals surface area contributed by atoms with Crippen LogP contribution >= 0.6 is 22.3 Å². The van der Waals surface area contributed by atoms with E-state index < -0.39 is 9.05 Å². The van der Waals surface area contributed by atoms with Gasteiger partial charge in [0.1, 0.15) is 4.90 Å². The van der Waals surface area contributed by atoms with E-state index in [1.165, 1.54) is 13.2 Å². The van der Waals surface area contributed by atoms with E-state index >= 15 is 0 Å². The van der Waals surface area contributed by atoms with Gasteiger partial charge in [0.15, 0.2) is 5.75 Å². The Balaban J connectivity index is 2.57. The monoisotopic (exact) mass is 337 g/mol. The Morgan fingerprint density at radius 2 is 2.00 bits per heavy atom. The van der Waals surface area contributed by atoms with Crippen molar-refractivity contribution in [2.24, 2.45) is 0 Å². The van der Waals surface area contributed by atoms with Crippen LogP contribution in [0.3, 0.4) is 0 Å². The predicted molar refractivity (Wildman–Crippen MR) is 76.2 cm³/mol. The largest absolute Gasteiger partial charge is 0.494 e. The Morgan fingerprint density at radius 1 is 1.40 bits per heavy atom. The topological polar surface area (TPSA) is 63.7 Å². The third kappa shape index (κ3) is 3.02. The molecule has 8 heteroatoms. The Hall–Kier alpha value is -0.980. The van der Waals surface area contributed by atoms with Crippen molar-refractivity contribution in [3.05, 3.63) is 22.7 Å². The van der Waals surface area contributed by atoms with Crippen LogP contribution in [0, 0.1) is 0 Å². The molecule has 1 aliphatic rings. The van der Waals surface area contributed by atoms with Crippen molar-refractivity contribution in [1.29, 1.82) is 0 Å². The fourth-order valence-corrected chi connectivity index (χ4v) is 3.25. The molecule has 1 aromatic rings. The molecule has 0 unspecified atom stereocenters. The molecule has 1 amide bonds. The highest BCUT2D eigenvalue weighted by Gasteiger charge is 2.33. The first-order chi connectivity index (χ1) is 9.25. The van der Waals surface area contributed by atoms with E-state index in [1.807, 2.05) is 0 Å². The number of methoxy groups -OCH3 is 1. The molecule has 20 heavy (non-hydrogen) atoms. The van der Waals surface area contributed by atoms with Crippen molar-refractivity contribution in [3.63, 3.8) is 0 Å². The van der Waals surface area contributed by atoms with E-state index in [0.717, 1.165) is 18.9 Å². The summed E-state index contributed by atoms with van der Waals surface area (Å²) in [5, 5.41) is 0.109. The average Bonchev–Trinajstić information content (AvgIpc) is 3.19. The summed E-state index contributed by atoms with van der Waals surface area (Å²) in [6.45, 7) is 0. The highest BCUT2D eigenvalue weighted by Crippen LogP contribution is 2.36. The van der Waals surface area contributed by atoms with E-state index in [0.29, 0.717) is 0 Å². The molecule has 0 heterocycles. The second-order valence-electron chi connectivity index (χ2n) is 4.57. The Kier molecular flexibility index (Phi) is 4.18. The van der Waals surface area contributed by atoms with Crippen LogP contribution in [-0.2, 0) is 9.05 Å². The van der Waals surface area contributed by atoms with Crippen LogP contribution in [0.2, 0.25) is 5.02 Å². The van der Waals surface area contributed by atoms with Crippen molar-refractivity contribution in [2.75, 3.05) is 14.2 Å². The normalized spacial score (nSPS) is 15.0. The number of hydrogen-bond acceptors (Lipinski definition) is 4. The smallest absolute Gasteiger partial charge is 0.265 e. The maximum Gasteiger partial charge on any atom is 0.265 e. The minimum atomic E-state index is -4.06. The van der Waals surface area contributed by atoms with Gasteiger partial charge in [0.05, 0.1) is 12.7 Å². The van der Waals surface area contributed by atoms with E-state index in [9.17, 15) is 13.2 Å². The minimum absolute atomic E-state index is 0.0816. The Bertz CT molecular complexity index is 656. The molecule has 0 N–H and O–H groups in total. The minimum Gasteiger partial charge on any atom is -0.494 e. The Morgan fingerprint density at radius 3 is 2.45 bits per heavy atom. The van der Waals surface area contributed by atoms with E-state index in [4.69, 9.17) is 27.0 Å². The number of ether oxygens (including phenoxy) is 1. The Labute approximate surface area is 126 Å². The lowest BCUT2D eigenvalue weighted by atomic mass is 10.1. The number of nitrogens with zero attached hydrogens (tertiary/aromatic N) is 1. The molecular formula is C12H13Cl2NO4S. The number of carbonyl (C=O) groups excluding carboxylic acids is 1. The van der Waals surface area contributed by atoms with Gasteiger partial charge in [-0.1, -0.05) is 11.6 Å². The number of rotatable bonds is 4. The summed E-state index contributed by atoms with van der Waals surface area (Å²) in [4.78, 5) is 13.6. The maximum atomic E-state index is 12.4. The predicted octanol–water partition coefficient (Wildman–Crippen LogP) is 2.51. The standard InChI is InChI=1S/C12H13Cl2NO4S/c1-15(8-3-4-8)12(16)9-5-7(13)6-10(11(9)19-2)20(14,17)18/h5-6,8H,3-4H2,1-2H3. The molecule has 0 radical (unpaired) electrons. The second-order valence-corrected chi connectivity index (χ2v) is 7.54. The fourth-order valence-electron chi connectivity index (χ4n) is 1.94. The van der Waals surface area contributed by atoms with Crippen molar-refractivity contribution in [2.45, 2.75) is 23.8 Å². The van der Waals surface area contributed by atoms with Crippen molar-refractivity contribution < 1.29 is 17.9 Å². The van der Waals surface area contributed by atoms with Gasteiger partial charge in [-0.15, -0.1) is 0 Å². The zero-order valence-electron chi connectivity index (χ0n) is 10.9. The van der Waals surface area contributed by atoms with Crippen LogP contribution in [0.15, 0.2) is 17.0 Å².